The van der Waals surface area contributed by atoms with E-state index >= 15 is 0 Å². The number of benzene rings is 2. The topological polar surface area (TPSA) is 111 Å². The molecule has 10 nitrogen and oxygen atoms in total. The van der Waals surface area contributed by atoms with Gasteiger partial charge in [-0.2, -0.15) is 26.3 Å². The summed E-state index contributed by atoms with van der Waals surface area (Å²) in [5, 5.41) is 11.6. The van der Waals surface area contributed by atoms with Gasteiger partial charge in [-0.3, -0.25) is 19.4 Å². The van der Waals surface area contributed by atoms with Crippen molar-refractivity contribution in [2.45, 2.75) is 37.8 Å². The van der Waals surface area contributed by atoms with Crippen molar-refractivity contribution in [1.29, 1.82) is 0 Å². The van der Waals surface area contributed by atoms with Gasteiger partial charge in [-0.1, -0.05) is 12.1 Å². The Bertz CT molecular complexity index is 1610. The Balaban J connectivity index is 0.00000289. The Morgan fingerprint density at radius 1 is 0.940 bits per heavy atom. The molecule has 276 valence electrons. The molecule has 2 aliphatic rings. The summed E-state index contributed by atoms with van der Waals surface area (Å²) in [4.78, 5) is 37.5. The Morgan fingerprint density at radius 2 is 1.64 bits per heavy atom. The van der Waals surface area contributed by atoms with Crippen LogP contribution in [0.2, 0.25) is 0 Å². The van der Waals surface area contributed by atoms with Crippen LogP contribution in [0.3, 0.4) is 0 Å². The Kier molecular flexibility index (Phi) is 15.0. The van der Waals surface area contributed by atoms with Crippen molar-refractivity contribution in [3.8, 4) is 16.9 Å². The van der Waals surface area contributed by atoms with Crippen LogP contribution in [0.25, 0.3) is 11.1 Å². The fourth-order valence-corrected chi connectivity index (χ4v) is 5.91. The molecule has 1 amide bonds. The molecular weight excluding hydrogens is 741 g/mol. The first-order chi connectivity index (χ1) is 22.2. The average Bonchev–Trinajstić information content (AvgIpc) is 3.50. The summed E-state index contributed by atoms with van der Waals surface area (Å²) in [6.07, 6.45) is -6.31. The quantitative estimate of drug-likeness (QED) is 0.238. The molecule has 1 atom stereocenters. The number of methoxy groups -OCH3 is 1. The van der Waals surface area contributed by atoms with E-state index in [-0.39, 0.29) is 85.8 Å². The van der Waals surface area contributed by atoms with Gasteiger partial charge in [-0.15, -0.1) is 37.2 Å². The Labute approximate surface area is 302 Å². The number of hydrogen-bond donors (Lipinski definition) is 2. The second-order valence-electron chi connectivity index (χ2n) is 11.3. The smallest absolute Gasteiger partial charge is 0.419 e. The van der Waals surface area contributed by atoms with E-state index in [4.69, 9.17) is 9.84 Å². The van der Waals surface area contributed by atoms with Gasteiger partial charge in [0, 0.05) is 38.4 Å². The van der Waals surface area contributed by atoms with Crippen LogP contribution in [-0.4, -0.2) is 95.3 Å². The zero-order valence-electron chi connectivity index (χ0n) is 26.5. The number of carboxylic acids is 1. The molecule has 2 saturated heterocycles. The minimum Gasteiger partial charge on any atom is -0.496 e. The molecule has 5 rings (SSSR count). The molecule has 0 unspecified atom stereocenters. The van der Waals surface area contributed by atoms with E-state index in [1.165, 1.54) is 41.6 Å². The number of rotatable bonds is 9. The number of nitrogens with zero attached hydrogens (tertiary/aromatic N) is 5. The van der Waals surface area contributed by atoms with Gasteiger partial charge in [0.25, 0.3) is 5.91 Å². The van der Waals surface area contributed by atoms with Crippen molar-refractivity contribution in [2.24, 2.45) is 0 Å². The molecule has 2 aliphatic heterocycles. The van der Waals surface area contributed by atoms with Crippen molar-refractivity contribution in [3.63, 3.8) is 0 Å². The highest BCUT2D eigenvalue weighted by molar-refractivity contribution is 6.03. The van der Waals surface area contributed by atoms with Crippen LogP contribution in [0, 0.1) is 0 Å². The van der Waals surface area contributed by atoms with Crippen molar-refractivity contribution in [3.05, 3.63) is 65.6 Å². The number of anilines is 2. The molecular formula is C31H35Cl3F6N6O4. The number of carbonyl (C=O) groups is 2. The van der Waals surface area contributed by atoms with Gasteiger partial charge in [-0.25, -0.2) is 9.97 Å². The maximum absolute atomic E-state index is 13.8. The largest absolute Gasteiger partial charge is 0.496 e. The molecule has 0 bridgehead atoms. The molecule has 0 radical (unpaired) electrons. The highest BCUT2D eigenvalue weighted by Crippen LogP contribution is 2.41. The molecule has 2 fully saturated rings. The number of ether oxygens (including phenoxy) is 1. The SMILES string of the molecule is COc1ccc(-c2ccc(NC(=O)c3cnc(N4CCN(CC(=O)O)CC4)cn3)cc2CN2CCC[C@H]2C(F)(F)F)cc1C(F)(F)F.Cl.Cl.Cl. The zero-order valence-corrected chi connectivity index (χ0v) is 28.9. The number of amides is 1. The molecule has 2 N–H and O–H groups in total. The first-order valence-corrected chi connectivity index (χ1v) is 14.7. The van der Waals surface area contributed by atoms with E-state index in [2.05, 4.69) is 15.3 Å². The fraction of sp³-hybridized carbons (Fsp3) is 0.419. The Morgan fingerprint density at radius 3 is 2.22 bits per heavy atom. The number of piperazine rings is 1. The molecule has 50 heavy (non-hydrogen) atoms. The average molecular weight is 776 g/mol. The van der Waals surface area contributed by atoms with Crippen molar-refractivity contribution in [1.82, 2.24) is 19.8 Å². The van der Waals surface area contributed by atoms with E-state index < -0.39 is 41.6 Å². The Hall–Kier alpha value is -3.57. The van der Waals surface area contributed by atoms with Crippen LogP contribution in [-0.2, 0) is 17.5 Å². The van der Waals surface area contributed by atoms with Gasteiger partial charge >= 0.3 is 18.3 Å². The van der Waals surface area contributed by atoms with Crippen LogP contribution >= 0.6 is 37.2 Å². The van der Waals surface area contributed by atoms with Crippen LogP contribution in [0.4, 0.5) is 37.8 Å². The van der Waals surface area contributed by atoms with Crippen molar-refractivity contribution in [2.75, 3.05) is 56.6 Å². The predicted octanol–water partition coefficient (Wildman–Crippen LogP) is 6.42. The lowest BCUT2D eigenvalue weighted by molar-refractivity contribution is -0.177. The van der Waals surface area contributed by atoms with Crippen molar-refractivity contribution < 1.29 is 45.8 Å². The summed E-state index contributed by atoms with van der Waals surface area (Å²) >= 11 is 0. The van der Waals surface area contributed by atoms with Crippen LogP contribution in [0.5, 0.6) is 5.75 Å². The molecule has 3 aromatic rings. The number of hydrogen-bond acceptors (Lipinski definition) is 8. The third-order valence-corrected chi connectivity index (χ3v) is 8.22. The minimum atomic E-state index is -4.74. The van der Waals surface area contributed by atoms with Gasteiger partial charge in [-0.05, 0) is 60.3 Å². The summed E-state index contributed by atoms with van der Waals surface area (Å²) in [6, 6.07) is 6.12. The lowest BCUT2D eigenvalue weighted by atomic mass is 9.96. The van der Waals surface area contributed by atoms with Crippen LogP contribution < -0.4 is 15.0 Å². The molecule has 0 saturated carbocycles. The van der Waals surface area contributed by atoms with Gasteiger partial charge in [0.15, 0.2) is 0 Å². The summed E-state index contributed by atoms with van der Waals surface area (Å²) in [6.45, 7) is 1.95. The molecule has 19 heteroatoms. The highest BCUT2D eigenvalue weighted by atomic mass is 35.5. The molecule has 0 spiro atoms. The lowest BCUT2D eigenvalue weighted by Crippen LogP contribution is -2.48. The van der Waals surface area contributed by atoms with Gasteiger partial charge in [0.05, 0.1) is 31.6 Å². The zero-order chi connectivity index (χ0) is 33.9. The van der Waals surface area contributed by atoms with Gasteiger partial charge in [0.2, 0.25) is 0 Å². The fourth-order valence-electron chi connectivity index (χ4n) is 5.91. The van der Waals surface area contributed by atoms with E-state index in [1.807, 2.05) is 4.90 Å². The van der Waals surface area contributed by atoms with E-state index in [9.17, 15) is 35.9 Å². The molecule has 0 aliphatic carbocycles. The van der Waals surface area contributed by atoms with E-state index in [0.717, 1.165) is 19.2 Å². The standard InChI is InChI=1S/C31H32F6N6O4.3ClH/c1-47-25-7-4-19(14-23(25)30(32,33)34)22-6-5-21(13-20(22)17-43-8-2-3-26(43)31(35,36)37)40-29(46)24-15-39-27(16-38-24)42-11-9-41(10-12-42)18-28(44)45;;;/h4-7,13-16,26H,2-3,8-12,17-18H2,1H3,(H,40,46)(H,44,45);3*1H/t26-;;;/m0.../s1. The summed E-state index contributed by atoms with van der Waals surface area (Å²) < 4.78 is 87.6. The number of nitrogens with one attached hydrogen (secondary N) is 1. The van der Waals surface area contributed by atoms with E-state index in [1.54, 1.807) is 4.90 Å². The van der Waals surface area contributed by atoms with Gasteiger partial charge in [0.1, 0.15) is 23.3 Å². The number of aromatic nitrogens is 2. The second kappa shape index (κ2) is 17.6. The highest BCUT2D eigenvalue weighted by Gasteiger charge is 2.46. The minimum absolute atomic E-state index is 0. The maximum atomic E-state index is 13.8. The number of likely N-dealkylation sites (tertiary alicyclic amines) is 1. The van der Waals surface area contributed by atoms with E-state index in [0.29, 0.717) is 44.0 Å². The van der Waals surface area contributed by atoms with Crippen molar-refractivity contribution >= 4 is 60.6 Å². The summed E-state index contributed by atoms with van der Waals surface area (Å²) in [5.41, 5.74) is -0.164. The normalized spacial score (nSPS) is 16.9. The monoisotopic (exact) mass is 774 g/mol. The summed E-state index contributed by atoms with van der Waals surface area (Å²) in [7, 11) is 1.11. The molecule has 2 aromatic carbocycles. The van der Waals surface area contributed by atoms with Crippen LogP contribution in [0.15, 0.2) is 48.8 Å². The first-order valence-electron chi connectivity index (χ1n) is 14.7. The van der Waals surface area contributed by atoms with Crippen LogP contribution in [0.1, 0.15) is 34.5 Å². The maximum Gasteiger partial charge on any atom is 0.419 e. The number of aliphatic carboxylic acids is 1. The number of carbonyl (C=O) groups excluding carboxylic acids is 1. The lowest BCUT2D eigenvalue weighted by Gasteiger charge is -2.34. The first kappa shape index (κ1) is 42.6. The number of carboxylic acid groups (broad SMARTS) is 1. The number of halogens is 9. The predicted molar refractivity (Wildman–Crippen MR) is 181 cm³/mol. The van der Waals surface area contributed by atoms with Gasteiger partial charge < -0.3 is 20.1 Å². The second-order valence-corrected chi connectivity index (χ2v) is 11.3. The number of alkyl halides is 6. The molecule has 1 aromatic heterocycles. The third-order valence-electron chi connectivity index (χ3n) is 8.22. The summed E-state index contributed by atoms with van der Waals surface area (Å²) in [5.74, 6) is -1.44. The third kappa shape index (κ3) is 10.2. The molecule has 3 heterocycles.